The van der Waals surface area contributed by atoms with Crippen LogP contribution in [0.3, 0.4) is 0 Å². The highest BCUT2D eigenvalue weighted by molar-refractivity contribution is 6.08. The molecular weight excluding hydrogens is 420 g/mol. The van der Waals surface area contributed by atoms with Gasteiger partial charge in [-0.3, -0.25) is 19.2 Å². The van der Waals surface area contributed by atoms with Gasteiger partial charge < -0.3 is 15.0 Å². The number of ketones is 2. The highest BCUT2D eigenvalue weighted by Crippen LogP contribution is 2.33. The average Bonchev–Trinajstić information content (AvgIpc) is 3.55. The smallest absolute Gasteiger partial charge is 0.255 e. The van der Waals surface area contributed by atoms with E-state index in [1.807, 2.05) is 31.2 Å². The minimum Gasteiger partial charge on any atom is -0.490 e. The molecule has 0 spiro atoms. The van der Waals surface area contributed by atoms with Crippen LogP contribution in [-0.4, -0.2) is 40.4 Å². The van der Waals surface area contributed by atoms with Crippen LogP contribution in [0.4, 0.5) is 0 Å². The molecule has 2 aromatic rings. The fraction of sp³-hybridized carbons (Fsp3) is 0.385. The van der Waals surface area contributed by atoms with E-state index in [0.717, 1.165) is 29.7 Å². The van der Waals surface area contributed by atoms with E-state index >= 15 is 0 Å². The summed E-state index contributed by atoms with van der Waals surface area (Å²) in [5.41, 5.74) is 2.61. The number of nitrogens with one attached hydrogen (secondary N) is 1. The number of hydrogen-bond donors (Lipinski definition) is 1. The van der Waals surface area contributed by atoms with E-state index in [9.17, 15) is 19.2 Å². The van der Waals surface area contributed by atoms with Crippen molar-refractivity contribution < 1.29 is 23.9 Å². The van der Waals surface area contributed by atoms with Crippen LogP contribution in [0.2, 0.25) is 0 Å². The topological polar surface area (TPSA) is 92.8 Å². The van der Waals surface area contributed by atoms with E-state index in [1.54, 1.807) is 18.2 Å². The Labute approximate surface area is 192 Å². The molecule has 0 saturated heterocycles. The molecule has 1 N–H and O–H groups in total. The molecule has 2 aromatic carbocycles. The van der Waals surface area contributed by atoms with Gasteiger partial charge in [-0.2, -0.15) is 0 Å². The minimum absolute atomic E-state index is 0.0717. The van der Waals surface area contributed by atoms with E-state index in [-0.39, 0.29) is 48.5 Å². The second kappa shape index (κ2) is 8.46. The molecule has 2 fully saturated rings. The van der Waals surface area contributed by atoms with Gasteiger partial charge in [0.1, 0.15) is 11.5 Å². The predicted octanol–water partition coefficient (Wildman–Crippen LogP) is 3.37. The summed E-state index contributed by atoms with van der Waals surface area (Å²) in [4.78, 5) is 51.3. The molecule has 1 aliphatic heterocycles. The highest BCUT2D eigenvalue weighted by atomic mass is 16.5. The Kier molecular flexibility index (Phi) is 5.48. The van der Waals surface area contributed by atoms with Gasteiger partial charge in [-0.15, -0.1) is 0 Å². The number of rotatable bonds is 6. The van der Waals surface area contributed by atoms with Gasteiger partial charge in [0.2, 0.25) is 0 Å². The third-order valence-corrected chi connectivity index (χ3v) is 6.57. The Morgan fingerprint density at radius 2 is 1.88 bits per heavy atom. The molecule has 5 rings (SSSR count). The van der Waals surface area contributed by atoms with E-state index in [2.05, 4.69) is 5.32 Å². The van der Waals surface area contributed by atoms with Crippen LogP contribution < -0.4 is 10.1 Å². The number of hydrogen-bond acceptors (Lipinski definition) is 5. The number of carbonyl (C=O) groups excluding carboxylic acids is 4. The Balaban J connectivity index is 1.29. The zero-order valence-corrected chi connectivity index (χ0v) is 18.5. The van der Waals surface area contributed by atoms with Crippen molar-refractivity contribution >= 4 is 23.4 Å². The fourth-order valence-corrected chi connectivity index (χ4v) is 4.59. The van der Waals surface area contributed by atoms with Crippen molar-refractivity contribution in [3.05, 3.63) is 64.7 Å². The largest absolute Gasteiger partial charge is 0.490 e. The summed E-state index contributed by atoms with van der Waals surface area (Å²) >= 11 is 0. The second-order valence-electron chi connectivity index (χ2n) is 9.09. The number of Topliss-reactive ketones (excluding diaryl/α,β-unsaturated/α-hetero) is 2. The van der Waals surface area contributed by atoms with Crippen LogP contribution in [0, 0.1) is 0 Å². The maximum Gasteiger partial charge on any atom is 0.255 e. The van der Waals surface area contributed by atoms with Crippen LogP contribution in [0.15, 0.2) is 42.5 Å². The van der Waals surface area contributed by atoms with Gasteiger partial charge >= 0.3 is 0 Å². The molecular formula is C26H26N2O5. The van der Waals surface area contributed by atoms with Crippen molar-refractivity contribution in [2.45, 2.75) is 63.8 Å². The van der Waals surface area contributed by atoms with Gasteiger partial charge in [0, 0.05) is 29.7 Å². The molecule has 33 heavy (non-hydrogen) atoms. The molecule has 1 heterocycles. The summed E-state index contributed by atoms with van der Waals surface area (Å²) < 4.78 is 5.98. The number of benzene rings is 2. The molecule has 2 aliphatic carbocycles. The van der Waals surface area contributed by atoms with Crippen molar-refractivity contribution in [3.63, 3.8) is 0 Å². The lowest BCUT2D eigenvalue weighted by molar-refractivity contribution is -0.133. The van der Waals surface area contributed by atoms with E-state index in [1.165, 1.54) is 4.90 Å². The number of para-hydroxylation sites is 1. The summed E-state index contributed by atoms with van der Waals surface area (Å²) in [5, 5.41) is 3.03. The summed E-state index contributed by atoms with van der Waals surface area (Å²) in [7, 11) is 0. The normalized spacial score (nSPS) is 21.1. The fourth-order valence-electron chi connectivity index (χ4n) is 4.59. The maximum atomic E-state index is 13.0. The third-order valence-electron chi connectivity index (χ3n) is 6.57. The molecule has 0 radical (unpaired) electrons. The molecule has 0 aromatic heterocycles. The SMILES string of the molecule is C[C@H](NC(=O)c1ccc2c(c1)CN(C1CCC(=O)CC1=O)C2=O)c1ccccc1OC1CC1. The van der Waals surface area contributed by atoms with Crippen LogP contribution in [0.25, 0.3) is 0 Å². The molecule has 0 bridgehead atoms. The van der Waals surface area contributed by atoms with Gasteiger partial charge in [-0.1, -0.05) is 18.2 Å². The standard InChI is InChI=1S/C26H26N2O5/c1-15(20-4-2-3-5-24(20)33-19-8-9-19)27-25(31)16-6-10-21-17(12-16)14-28(26(21)32)22-11-7-18(29)13-23(22)30/h2-6,10,12,15,19,22H,7-9,11,13-14H2,1H3,(H,27,31)/t15-,22?/m0/s1. The zero-order chi connectivity index (χ0) is 23.1. The van der Waals surface area contributed by atoms with Gasteiger partial charge in [0.05, 0.1) is 24.6 Å². The van der Waals surface area contributed by atoms with Crippen molar-refractivity contribution in [3.8, 4) is 5.75 Å². The Morgan fingerprint density at radius 1 is 1.09 bits per heavy atom. The number of amides is 2. The highest BCUT2D eigenvalue weighted by Gasteiger charge is 2.39. The van der Waals surface area contributed by atoms with E-state index in [4.69, 9.17) is 4.74 Å². The van der Waals surface area contributed by atoms with Gasteiger partial charge in [0.15, 0.2) is 5.78 Å². The van der Waals surface area contributed by atoms with Gasteiger partial charge in [-0.05, 0) is 56.0 Å². The Morgan fingerprint density at radius 3 is 2.64 bits per heavy atom. The maximum absolute atomic E-state index is 13.0. The van der Waals surface area contributed by atoms with Crippen molar-refractivity contribution in [1.82, 2.24) is 10.2 Å². The molecule has 2 atom stereocenters. The van der Waals surface area contributed by atoms with Crippen molar-refractivity contribution in [2.24, 2.45) is 0 Å². The van der Waals surface area contributed by atoms with Crippen LogP contribution >= 0.6 is 0 Å². The lowest BCUT2D eigenvalue weighted by atomic mass is 9.92. The third kappa shape index (κ3) is 4.27. The van der Waals surface area contributed by atoms with Gasteiger partial charge in [0.25, 0.3) is 11.8 Å². The molecule has 2 amide bonds. The first-order valence-corrected chi connectivity index (χ1v) is 11.5. The summed E-state index contributed by atoms with van der Waals surface area (Å²) in [6.45, 7) is 2.19. The molecule has 1 unspecified atom stereocenters. The summed E-state index contributed by atoms with van der Waals surface area (Å²) in [6.07, 6.45) is 2.95. The number of fused-ring (bicyclic) bond motifs is 1. The quantitative estimate of drug-likeness (QED) is 0.687. The van der Waals surface area contributed by atoms with E-state index in [0.29, 0.717) is 24.0 Å². The second-order valence-corrected chi connectivity index (χ2v) is 9.09. The van der Waals surface area contributed by atoms with Crippen molar-refractivity contribution in [1.29, 1.82) is 0 Å². The van der Waals surface area contributed by atoms with Crippen LogP contribution in [0.5, 0.6) is 5.75 Å². The molecule has 7 heteroatoms. The number of ether oxygens (including phenoxy) is 1. The first-order chi connectivity index (χ1) is 15.9. The molecule has 2 saturated carbocycles. The molecule has 170 valence electrons. The first-order valence-electron chi connectivity index (χ1n) is 11.5. The predicted molar refractivity (Wildman–Crippen MR) is 120 cm³/mol. The number of nitrogens with zero attached hydrogens (tertiary/aromatic N) is 1. The number of carbonyl (C=O) groups is 4. The van der Waals surface area contributed by atoms with Crippen LogP contribution in [-0.2, 0) is 16.1 Å². The lowest BCUT2D eigenvalue weighted by Gasteiger charge is -2.29. The van der Waals surface area contributed by atoms with Gasteiger partial charge in [-0.25, -0.2) is 0 Å². The first kappa shape index (κ1) is 21.4. The lowest BCUT2D eigenvalue weighted by Crippen LogP contribution is -2.44. The Hall–Kier alpha value is -3.48. The van der Waals surface area contributed by atoms with E-state index < -0.39 is 6.04 Å². The Bertz CT molecular complexity index is 1150. The van der Waals surface area contributed by atoms with Crippen molar-refractivity contribution in [2.75, 3.05) is 0 Å². The molecule has 3 aliphatic rings. The minimum atomic E-state index is -0.567. The zero-order valence-electron chi connectivity index (χ0n) is 18.5. The molecule has 7 nitrogen and oxygen atoms in total. The van der Waals surface area contributed by atoms with Crippen LogP contribution in [0.1, 0.15) is 76.9 Å². The summed E-state index contributed by atoms with van der Waals surface area (Å²) in [6, 6.07) is 11.9. The monoisotopic (exact) mass is 446 g/mol. The average molecular weight is 447 g/mol. The summed E-state index contributed by atoms with van der Waals surface area (Å²) in [5.74, 6) is 0.0587.